The van der Waals surface area contributed by atoms with Gasteiger partial charge >= 0.3 is 0 Å². The first kappa shape index (κ1) is 10.9. The number of nitrogens with zero attached hydrogens (tertiary/aromatic N) is 1. The molecule has 84 valence electrons. The molecule has 1 aromatic carbocycles. The second kappa shape index (κ2) is 4.94. The molecule has 0 radical (unpaired) electrons. The van der Waals surface area contributed by atoms with Gasteiger partial charge in [0, 0.05) is 12.1 Å². The number of nitrogens with one attached hydrogen (secondary N) is 1. The van der Waals surface area contributed by atoms with Crippen LogP contribution in [0.1, 0.15) is 18.2 Å². The van der Waals surface area contributed by atoms with E-state index in [-0.39, 0.29) is 0 Å². The average molecular weight is 216 g/mol. The average Bonchev–Trinajstić information content (AvgIpc) is 2.75. The van der Waals surface area contributed by atoms with Gasteiger partial charge in [-0.15, -0.1) is 0 Å². The molecule has 0 aliphatic rings. The summed E-state index contributed by atoms with van der Waals surface area (Å²) in [5.41, 5.74) is 3.19. The maximum Gasteiger partial charge on any atom is 0.226 e. The Kier molecular flexibility index (Phi) is 3.37. The third-order valence-electron chi connectivity index (χ3n) is 2.37. The van der Waals surface area contributed by atoms with Gasteiger partial charge in [0.05, 0.1) is 5.69 Å². The van der Waals surface area contributed by atoms with Gasteiger partial charge in [0.2, 0.25) is 5.89 Å². The number of aryl methyl sites for hydroxylation is 1. The monoisotopic (exact) mass is 216 g/mol. The molecule has 0 spiro atoms. The highest BCUT2D eigenvalue weighted by atomic mass is 16.3. The van der Waals surface area contributed by atoms with E-state index in [2.05, 4.69) is 36.3 Å². The van der Waals surface area contributed by atoms with Gasteiger partial charge < -0.3 is 9.73 Å². The van der Waals surface area contributed by atoms with Gasteiger partial charge in [-0.25, -0.2) is 4.98 Å². The van der Waals surface area contributed by atoms with E-state index < -0.39 is 0 Å². The molecule has 2 aromatic rings. The van der Waals surface area contributed by atoms with Crippen LogP contribution in [0.15, 0.2) is 34.9 Å². The number of hydrogen-bond donors (Lipinski definition) is 1. The summed E-state index contributed by atoms with van der Waals surface area (Å²) in [4.78, 5) is 4.43. The Balaban J connectivity index is 2.18. The van der Waals surface area contributed by atoms with Crippen molar-refractivity contribution in [2.24, 2.45) is 0 Å². The molecular weight excluding hydrogens is 200 g/mol. The van der Waals surface area contributed by atoms with Crippen LogP contribution in [0.25, 0.3) is 11.5 Å². The summed E-state index contributed by atoms with van der Waals surface area (Å²) < 4.78 is 5.45. The zero-order valence-corrected chi connectivity index (χ0v) is 9.66. The van der Waals surface area contributed by atoms with Gasteiger partial charge in [0.1, 0.15) is 6.26 Å². The number of hydrogen-bond acceptors (Lipinski definition) is 3. The van der Waals surface area contributed by atoms with Crippen LogP contribution in [0.3, 0.4) is 0 Å². The van der Waals surface area contributed by atoms with Crippen molar-refractivity contribution in [3.63, 3.8) is 0 Å². The Hall–Kier alpha value is -1.61. The molecule has 1 aromatic heterocycles. The fraction of sp³-hybridized carbons (Fsp3) is 0.308. The van der Waals surface area contributed by atoms with Crippen molar-refractivity contribution in [1.29, 1.82) is 0 Å². The molecule has 1 N–H and O–H groups in total. The molecule has 0 bridgehead atoms. The second-order valence-electron chi connectivity index (χ2n) is 3.79. The molecule has 0 unspecified atom stereocenters. The summed E-state index contributed by atoms with van der Waals surface area (Å²) in [6, 6.07) is 8.16. The molecule has 1 heterocycles. The predicted molar refractivity (Wildman–Crippen MR) is 64.1 cm³/mol. The van der Waals surface area contributed by atoms with Crippen molar-refractivity contribution in [3.8, 4) is 11.5 Å². The highest BCUT2D eigenvalue weighted by Crippen LogP contribution is 2.19. The van der Waals surface area contributed by atoms with Gasteiger partial charge in [-0.2, -0.15) is 0 Å². The van der Waals surface area contributed by atoms with Crippen LogP contribution in [0, 0.1) is 6.92 Å². The minimum atomic E-state index is 0.691. The lowest BCUT2D eigenvalue weighted by molar-refractivity contribution is 0.570. The van der Waals surface area contributed by atoms with Gasteiger partial charge in [0.25, 0.3) is 0 Å². The first-order valence-corrected chi connectivity index (χ1v) is 5.51. The first-order chi connectivity index (χ1) is 7.79. The van der Waals surface area contributed by atoms with Crippen LogP contribution in [0.5, 0.6) is 0 Å². The van der Waals surface area contributed by atoms with Crippen LogP contribution >= 0.6 is 0 Å². The smallest absolute Gasteiger partial charge is 0.226 e. The maximum absolute atomic E-state index is 5.45. The van der Waals surface area contributed by atoms with E-state index >= 15 is 0 Å². The molecule has 2 rings (SSSR count). The van der Waals surface area contributed by atoms with Gasteiger partial charge in [-0.05, 0) is 25.6 Å². The Morgan fingerprint density at radius 2 is 2.25 bits per heavy atom. The minimum absolute atomic E-state index is 0.691. The molecule has 0 fully saturated rings. The van der Waals surface area contributed by atoms with E-state index in [1.807, 2.05) is 12.1 Å². The highest BCUT2D eigenvalue weighted by Gasteiger charge is 2.05. The molecule has 16 heavy (non-hydrogen) atoms. The normalized spacial score (nSPS) is 10.6. The predicted octanol–water partition coefficient (Wildman–Crippen LogP) is 2.76. The lowest BCUT2D eigenvalue weighted by Crippen LogP contribution is -2.11. The second-order valence-corrected chi connectivity index (χ2v) is 3.79. The summed E-state index contributed by atoms with van der Waals surface area (Å²) >= 11 is 0. The van der Waals surface area contributed by atoms with Crippen molar-refractivity contribution in [1.82, 2.24) is 10.3 Å². The molecule has 0 amide bonds. The third kappa shape index (κ3) is 2.49. The minimum Gasteiger partial charge on any atom is -0.444 e. The van der Waals surface area contributed by atoms with Crippen molar-refractivity contribution >= 4 is 0 Å². The Morgan fingerprint density at radius 1 is 1.38 bits per heavy atom. The Labute approximate surface area is 95.5 Å². The fourth-order valence-electron chi connectivity index (χ4n) is 1.55. The largest absolute Gasteiger partial charge is 0.444 e. The Morgan fingerprint density at radius 3 is 3.00 bits per heavy atom. The standard InChI is InChI=1S/C13H16N2O/c1-3-14-8-12-9-16-13(15-12)11-6-4-5-10(2)7-11/h4-7,9,14H,3,8H2,1-2H3. The lowest BCUT2D eigenvalue weighted by atomic mass is 10.1. The summed E-state index contributed by atoms with van der Waals surface area (Å²) in [5, 5.41) is 3.22. The SMILES string of the molecule is CCNCc1coc(-c2cccc(C)c2)n1. The van der Waals surface area contributed by atoms with Crippen molar-refractivity contribution < 1.29 is 4.42 Å². The summed E-state index contributed by atoms with van der Waals surface area (Å²) in [6.07, 6.45) is 1.71. The number of oxazole rings is 1. The molecule has 3 nitrogen and oxygen atoms in total. The van der Waals surface area contributed by atoms with E-state index in [4.69, 9.17) is 4.42 Å². The van der Waals surface area contributed by atoms with Gasteiger partial charge in [-0.3, -0.25) is 0 Å². The molecule has 0 atom stereocenters. The molecule has 0 aliphatic heterocycles. The van der Waals surface area contributed by atoms with Crippen LogP contribution in [0.2, 0.25) is 0 Å². The topological polar surface area (TPSA) is 38.1 Å². The van der Waals surface area contributed by atoms with E-state index in [0.29, 0.717) is 5.89 Å². The van der Waals surface area contributed by atoms with Crippen LogP contribution < -0.4 is 5.32 Å². The van der Waals surface area contributed by atoms with Crippen molar-refractivity contribution in [3.05, 3.63) is 41.8 Å². The lowest BCUT2D eigenvalue weighted by Gasteiger charge is -1.97. The van der Waals surface area contributed by atoms with E-state index in [1.54, 1.807) is 6.26 Å². The van der Waals surface area contributed by atoms with E-state index in [9.17, 15) is 0 Å². The molecule has 0 saturated carbocycles. The highest BCUT2D eigenvalue weighted by molar-refractivity contribution is 5.54. The van der Waals surface area contributed by atoms with E-state index in [0.717, 1.165) is 24.3 Å². The number of rotatable bonds is 4. The number of benzene rings is 1. The van der Waals surface area contributed by atoms with Crippen molar-refractivity contribution in [2.45, 2.75) is 20.4 Å². The fourth-order valence-corrected chi connectivity index (χ4v) is 1.55. The van der Waals surface area contributed by atoms with Crippen molar-refractivity contribution in [2.75, 3.05) is 6.54 Å². The first-order valence-electron chi connectivity index (χ1n) is 5.51. The zero-order chi connectivity index (χ0) is 11.4. The molecule has 0 aliphatic carbocycles. The third-order valence-corrected chi connectivity index (χ3v) is 2.37. The Bertz CT molecular complexity index is 462. The molecule has 0 saturated heterocycles. The van der Waals surface area contributed by atoms with E-state index in [1.165, 1.54) is 5.56 Å². The zero-order valence-electron chi connectivity index (χ0n) is 9.66. The summed E-state index contributed by atoms with van der Waals surface area (Å²) in [7, 11) is 0. The van der Waals surface area contributed by atoms with Gasteiger partial charge in [-0.1, -0.05) is 24.6 Å². The summed E-state index contributed by atoms with van der Waals surface area (Å²) in [5.74, 6) is 0.691. The van der Waals surface area contributed by atoms with Crippen LogP contribution in [0.4, 0.5) is 0 Å². The molecule has 3 heteroatoms. The van der Waals surface area contributed by atoms with Crippen LogP contribution in [-0.2, 0) is 6.54 Å². The maximum atomic E-state index is 5.45. The number of aromatic nitrogens is 1. The molecular formula is C13H16N2O. The quantitative estimate of drug-likeness (QED) is 0.854. The van der Waals surface area contributed by atoms with Gasteiger partial charge in [0.15, 0.2) is 0 Å². The summed E-state index contributed by atoms with van der Waals surface area (Å²) in [6.45, 7) is 5.83. The van der Waals surface area contributed by atoms with Crippen LogP contribution in [-0.4, -0.2) is 11.5 Å².